The second-order valence-corrected chi connectivity index (χ2v) is 4.33. The van der Waals surface area contributed by atoms with Crippen LogP contribution in [0.25, 0.3) is 0 Å². The van der Waals surface area contributed by atoms with Gasteiger partial charge in [0, 0.05) is 11.0 Å². The molecule has 1 aliphatic heterocycles. The summed E-state index contributed by atoms with van der Waals surface area (Å²) < 4.78 is 5.67. The Labute approximate surface area is 77.6 Å². The van der Waals surface area contributed by atoms with Crippen LogP contribution in [0.3, 0.4) is 0 Å². The fourth-order valence-corrected chi connectivity index (χ4v) is 1.28. The molecule has 0 radical (unpaired) electrons. The first kappa shape index (κ1) is 8.78. The highest BCUT2D eigenvalue weighted by molar-refractivity contribution is 5.24. The Bertz CT molecular complexity index is 283. The average molecular weight is 182 g/mol. The molecule has 0 saturated carbocycles. The van der Waals surface area contributed by atoms with E-state index in [4.69, 9.17) is 14.2 Å². The Hall–Kier alpha value is -0.800. The minimum atomic E-state index is 0.0529. The lowest BCUT2D eigenvalue weighted by Gasteiger charge is -2.13. The highest BCUT2D eigenvalue weighted by atomic mass is 17.2. The van der Waals surface area contributed by atoms with Crippen molar-refractivity contribution in [1.82, 2.24) is 0 Å². The van der Waals surface area contributed by atoms with Gasteiger partial charge in [-0.05, 0) is 6.07 Å². The molecular formula is C10H14O3. The van der Waals surface area contributed by atoms with Gasteiger partial charge >= 0.3 is 0 Å². The van der Waals surface area contributed by atoms with E-state index in [1.165, 1.54) is 0 Å². The van der Waals surface area contributed by atoms with E-state index >= 15 is 0 Å². The summed E-state index contributed by atoms with van der Waals surface area (Å²) in [5.41, 5.74) is 1.16. The Morgan fingerprint density at radius 3 is 2.46 bits per heavy atom. The molecule has 13 heavy (non-hydrogen) atoms. The van der Waals surface area contributed by atoms with Gasteiger partial charge in [-0.3, -0.25) is 0 Å². The quantitative estimate of drug-likeness (QED) is 0.578. The standard InChI is InChI=1S/C10H14O3/c1-10(2,3)9-4-7-5-11-12-6-8(7)13-9/h4H,5-6H2,1-3H3. The Morgan fingerprint density at radius 2 is 1.85 bits per heavy atom. The molecule has 0 saturated heterocycles. The highest BCUT2D eigenvalue weighted by Gasteiger charge is 2.23. The maximum Gasteiger partial charge on any atom is 0.140 e. The van der Waals surface area contributed by atoms with E-state index in [2.05, 4.69) is 26.8 Å². The molecule has 72 valence electrons. The molecule has 0 spiro atoms. The van der Waals surface area contributed by atoms with Crippen LogP contribution in [0.15, 0.2) is 10.5 Å². The second-order valence-electron chi connectivity index (χ2n) is 4.33. The van der Waals surface area contributed by atoms with Crippen molar-refractivity contribution in [3.63, 3.8) is 0 Å². The van der Waals surface area contributed by atoms with Crippen molar-refractivity contribution in [3.8, 4) is 0 Å². The van der Waals surface area contributed by atoms with Crippen molar-refractivity contribution >= 4 is 0 Å². The fraction of sp³-hybridized carbons (Fsp3) is 0.600. The molecule has 0 aromatic carbocycles. The molecule has 0 N–H and O–H groups in total. The van der Waals surface area contributed by atoms with E-state index in [1.807, 2.05) is 0 Å². The van der Waals surface area contributed by atoms with E-state index in [0.717, 1.165) is 17.1 Å². The zero-order valence-electron chi connectivity index (χ0n) is 8.22. The van der Waals surface area contributed by atoms with Crippen LogP contribution in [-0.2, 0) is 28.4 Å². The highest BCUT2D eigenvalue weighted by Crippen LogP contribution is 2.29. The van der Waals surface area contributed by atoms with Crippen molar-refractivity contribution < 1.29 is 14.2 Å². The Kier molecular flexibility index (Phi) is 1.93. The first-order chi connectivity index (χ1) is 6.07. The minimum Gasteiger partial charge on any atom is -0.463 e. The molecule has 3 nitrogen and oxygen atoms in total. The monoisotopic (exact) mass is 182 g/mol. The van der Waals surface area contributed by atoms with Gasteiger partial charge < -0.3 is 4.42 Å². The van der Waals surface area contributed by atoms with Crippen LogP contribution in [0.2, 0.25) is 0 Å². The second kappa shape index (κ2) is 2.86. The number of hydrogen-bond donors (Lipinski definition) is 0. The van der Waals surface area contributed by atoms with Gasteiger partial charge in [0.25, 0.3) is 0 Å². The summed E-state index contributed by atoms with van der Waals surface area (Å²) in [6.07, 6.45) is 0. The summed E-state index contributed by atoms with van der Waals surface area (Å²) in [4.78, 5) is 9.69. The van der Waals surface area contributed by atoms with Crippen molar-refractivity contribution in [1.29, 1.82) is 0 Å². The smallest absolute Gasteiger partial charge is 0.140 e. The fourth-order valence-electron chi connectivity index (χ4n) is 1.28. The average Bonchev–Trinajstić information content (AvgIpc) is 2.45. The molecule has 2 heterocycles. The van der Waals surface area contributed by atoms with Gasteiger partial charge in [0.05, 0.1) is 0 Å². The lowest BCUT2D eigenvalue weighted by Crippen LogP contribution is -2.09. The summed E-state index contributed by atoms with van der Waals surface area (Å²) in [6, 6.07) is 2.05. The van der Waals surface area contributed by atoms with Gasteiger partial charge in [-0.25, -0.2) is 9.78 Å². The number of rotatable bonds is 0. The topological polar surface area (TPSA) is 31.6 Å². The number of furan rings is 1. The molecule has 0 amide bonds. The van der Waals surface area contributed by atoms with Crippen LogP contribution in [0.4, 0.5) is 0 Å². The van der Waals surface area contributed by atoms with Crippen LogP contribution < -0.4 is 0 Å². The van der Waals surface area contributed by atoms with Crippen molar-refractivity contribution in [2.75, 3.05) is 0 Å². The van der Waals surface area contributed by atoms with Crippen LogP contribution in [-0.4, -0.2) is 0 Å². The maximum atomic E-state index is 5.67. The lowest BCUT2D eigenvalue weighted by atomic mass is 9.93. The molecular weight excluding hydrogens is 168 g/mol. The van der Waals surface area contributed by atoms with Gasteiger partial charge in [0.15, 0.2) is 0 Å². The molecule has 0 bridgehead atoms. The lowest BCUT2D eigenvalue weighted by molar-refractivity contribution is -0.325. The molecule has 0 aliphatic carbocycles. The summed E-state index contributed by atoms with van der Waals surface area (Å²) in [7, 11) is 0. The third-order valence-corrected chi connectivity index (χ3v) is 2.12. The van der Waals surface area contributed by atoms with E-state index in [1.54, 1.807) is 0 Å². The van der Waals surface area contributed by atoms with Crippen LogP contribution in [0.1, 0.15) is 37.9 Å². The predicted molar refractivity (Wildman–Crippen MR) is 47.0 cm³/mol. The molecule has 1 aromatic heterocycles. The van der Waals surface area contributed by atoms with Gasteiger partial charge in [-0.2, -0.15) is 0 Å². The normalized spacial score (nSPS) is 17.2. The molecule has 1 aliphatic rings. The SMILES string of the molecule is CC(C)(C)c1cc2c(o1)COOC2. The van der Waals surface area contributed by atoms with Crippen LogP contribution in [0.5, 0.6) is 0 Å². The van der Waals surface area contributed by atoms with Gasteiger partial charge in [0.2, 0.25) is 0 Å². The van der Waals surface area contributed by atoms with Crippen LogP contribution in [0, 0.1) is 0 Å². The molecule has 2 rings (SSSR count). The van der Waals surface area contributed by atoms with Crippen molar-refractivity contribution in [2.24, 2.45) is 0 Å². The van der Waals surface area contributed by atoms with E-state index in [-0.39, 0.29) is 5.41 Å². The molecule has 3 heteroatoms. The molecule has 0 unspecified atom stereocenters. The van der Waals surface area contributed by atoms with Gasteiger partial charge in [-0.15, -0.1) is 0 Å². The third kappa shape index (κ3) is 1.62. The zero-order valence-corrected chi connectivity index (χ0v) is 8.22. The van der Waals surface area contributed by atoms with Gasteiger partial charge in [0.1, 0.15) is 24.7 Å². The first-order valence-corrected chi connectivity index (χ1v) is 4.44. The molecule has 0 atom stereocenters. The maximum absolute atomic E-state index is 5.67. The van der Waals surface area contributed by atoms with Gasteiger partial charge in [-0.1, -0.05) is 20.8 Å². The Balaban J connectivity index is 2.36. The largest absolute Gasteiger partial charge is 0.463 e. The number of fused-ring (bicyclic) bond motifs is 1. The molecule has 1 aromatic rings. The van der Waals surface area contributed by atoms with Crippen molar-refractivity contribution in [3.05, 3.63) is 23.2 Å². The number of hydrogen-bond acceptors (Lipinski definition) is 3. The van der Waals surface area contributed by atoms with E-state index in [0.29, 0.717) is 13.2 Å². The first-order valence-electron chi connectivity index (χ1n) is 4.44. The van der Waals surface area contributed by atoms with Crippen LogP contribution >= 0.6 is 0 Å². The third-order valence-electron chi connectivity index (χ3n) is 2.12. The molecule has 0 fully saturated rings. The zero-order chi connectivity index (χ0) is 9.47. The van der Waals surface area contributed by atoms with E-state index in [9.17, 15) is 0 Å². The van der Waals surface area contributed by atoms with Crippen molar-refractivity contribution in [2.45, 2.75) is 39.4 Å². The summed E-state index contributed by atoms with van der Waals surface area (Å²) >= 11 is 0. The minimum absolute atomic E-state index is 0.0529. The predicted octanol–water partition coefficient (Wildman–Crippen LogP) is 2.54. The van der Waals surface area contributed by atoms with E-state index < -0.39 is 0 Å². The summed E-state index contributed by atoms with van der Waals surface area (Å²) in [5, 5.41) is 0. The summed E-state index contributed by atoms with van der Waals surface area (Å²) in [6.45, 7) is 7.29. The summed E-state index contributed by atoms with van der Waals surface area (Å²) in [5.74, 6) is 1.89. The Morgan fingerprint density at radius 1 is 1.15 bits per heavy atom.